The Morgan fingerprint density at radius 3 is 2.82 bits per heavy atom. The Morgan fingerprint density at radius 1 is 1.18 bits per heavy atom. The van der Waals surface area contributed by atoms with E-state index >= 15 is 0 Å². The molecule has 2 fully saturated rings. The number of allylic oxidation sites excluding steroid dienone is 1. The van der Waals surface area contributed by atoms with Gasteiger partial charge in [0, 0.05) is 26.2 Å². The summed E-state index contributed by atoms with van der Waals surface area (Å²) in [4.78, 5) is 27.4. The summed E-state index contributed by atoms with van der Waals surface area (Å²) >= 11 is 0. The highest BCUT2D eigenvalue weighted by Gasteiger charge is 2.47. The van der Waals surface area contributed by atoms with E-state index in [1.807, 2.05) is 18.2 Å². The molecule has 1 aromatic rings. The first-order chi connectivity index (χ1) is 13.7. The number of hydrazine groups is 1. The van der Waals surface area contributed by atoms with E-state index in [4.69, 9.17) is 0 Å². The molecule has 0 bridgehead atoms. The first kappa shape index (κ1) is 19.2. The van der Waals surface area contributed by atoms with Crippen LogP contribution in [0.25, 0.3) is 0 Å². The van der Waals surface area contributed by atoms with Crippen LogP contribution in [0.2, 0.25) is 0 Å². The monoisotopic (exact) mass is 382 g/mol. The summed E-state index contributed by atoms with van der Waals surface area (Å²) in [5.41, 5.74) is 8.47. The summed E-state index contributed by atoms with van der Waals surface area (Å²) in [5, 5.41) is 3.13. The number of benzene rings is 1. The highest BCUT2D eigenvalue weighted by atomic mass is 16.2. The fraction of sp³-hybridized carbons (Fsp3) is 0.545. The normalized spacial score (nSPS) is 27.6. The summed E-state index contributed by atoms with van der Waals surface area (Å²) in [5.74, 6) is -0.378. The van der Waals surface area contributed by atoms with Crippen LogP contribution in [0, 0.1) is 11.8 Å². The molecular formula is C22H30N4O2. The number of carbonyl (C=O) groups is 2. The minimum atomic E-state index is -0.234. The molecular weight excluding hydrogens is 352 g/mol. The van der Waals surface area contributed by atoms with E-state index in [2.05, 4.69) is 39.3 Å². The molecule has 2 saturated heterocycles. The molecule has 0 radical (unpaired) electrons. The van der Waals surface area contributed by atoms with Gasteiger partial charge < -0.3 is 5.32 Å². The molecule has 0 spiro atoms. The lowest BCUT2D eigenvalue weighted by Crippen LogP contribution is -2.56. The van der Waals surface area contributed by atoms with Crippen molar-refractivity contribution < 1.29 is 9.59 Å². The average Bonchev–Trinajstić information content (AvgIpc) is 3.10. The Balaban J connectivity index is 1.38. The zero-order valence-electron chi connectivity index (χ0n) is 16.3. The van der Waals surface area contributed by atoms with E-state index in [9.17, 15) is 9.59 Å². The first-order valence-electron chi connectivity index (χ1n) is 10.5. The van der Waals surface area contributed by atoms with Gasteiger partial charge >= 0.3 is 0 Å². The Labute approximate surface area is 166 Å². The van der Waals surface area contributed by atoms with Gasteiger partial charge in [-0.15, -0.1) is 0 Å². The number of carbonyl (C=O) groups excluding carboxylic acids is 2. The van der Waals surface area contributed by atoms with Gasteiger partial charge in [-0.3, -0.25) is 19.9 Å². The standard InChI is InChI=1S/C22H30N4O2/c27-21(23-12-11-16-7-3-1-4-8-16)18-14-26(13-17-9-5-2-6-10-17)15-19-20(18)24-25-22(19)28/h2,5-7,9-10,18-20,24H,1,3-4,8,11-15H2,(H,23,27)(H,25,28). The number of nitrogens with one attached hydrogen (secondary N) is 3. The van der Waals surface area contributed by atoms with E-state index in [1.54, 1.807) is 0 Å². The maximum atomic E-state index is 13.0. The van der Waals surface area contributed by atoms with Crippen molar-refractivity contribution >= 4 is 11.8 Å². The second-order valence-electron chi connectivity index (χ2n) is 8.20. The maximum absolute atomic E-state index is 13.0. The molecule has 28 heavy (non-hydrogen) atoms. The molecule has 3 N–H and O–H groups in total. The van der Waals surface area contributed by atoms with Crippen molar-refractivity contribution in [1.82, 2.24) is 21.1 Å². The van der Waals surface area contributed by atoms with Crippen molar-refractivity contribution in [1.29, 1.82) is 0 Å². The van der Waals surface area contributed by atoms with Gasteiger partial charge in [0.25, 0.3) is 0 Å². The number of hydrogen-bond acceptors (Lipinski definition) is 4. The van der Waals surface area contributed by atoms with E-state index < -0.39 is 0 Å². The van der Waals surface area contributed by atoms with E-state index in [0.29, 0.717) is 19.6 Å². The molecule has 3 unspecified atom stereocenters. The number of likely N-dealkylation sites (tertiary alicyclic amines) is 1. The van der Waals surface area contributed by atoms with Gasteiger partial charge in [-0.1, -0.05) is 42.0 Å². The third-order valence-electron chi connectivity index (χ3n) is 6.19. The average molecular weight is 383 g/mol. The van der Waals surface area contributed by atoms with Crippen LogP contribution in [0.1, 0.15) is 37.7 Å². The first-order valence-corrected chi connectivity index (χ1v) is 10.5. The number of fused-ring (bicyclic) bond motifs is 1. The topological polar surface area (TPSA) is 73.5 Å². The van der Waals surface area contributed by atoms with E-state index in [-0.39, 0.29) is 29.7 Å². The van der Waals surface area contributed by atoms with Gasteiger partial charge in [-0.2, -0.15) is 0 Å². The SMILES string of the molecule is O=C(NCCC1=CCCCC1)C1CN(Cc2ccccc2)CC2C(=O)NNC12. The van der Waals surface area contributed by atoms with Crippen molar-refractivity contribution in [3.63, 3.8) is 0 Å². The molecule has 0 saturated carbocycles. The smallest absolute Gasteiger partial charge is 0.240 e. The lowest BCUT2D eigenvalue weighted by Gasteiger charge is -2.38. The van der Waals surface area contributed by atoms with Crippen LogP contribution in [0.5, 0.6) is 0 Å². The van der Waals surface area contributed by atoms with Crippen LogP contribution >= 0.6 is 0 Å². The van der Waals surface area contributed by atoms with Crippen LogP contribution < -0.4 is 16.2 Å². The molecule has 3 atom stereocenters. The number of nitrogens with zero attached hydrogens (tertiary/aromatic N) is 1. The highest BCUT2D eigenvalue weighted by Crippen LogP contribution is 2.27. The molecule has 1 aliphatic carbocycles. The third kappa shape index (κ3) is 4.45. The third-order valence-corrected chi connectivity index (χ3v) is 6.19. The predicted octanol–water partition coefficient (Wildman–Crippen LogP) is 1.74. The predicted molar refractivity (Wildman–Crippen MR) is 108 cm³/mol. The molecule has 2 aliphatic heterocycles. The number of hydrogen-bond donors (Lipinski definition) is 3. The Bertz CT molecular complexity index is 733. The molecule has 1 aromatic carbocycles. The molecule has 0 aromatic heterocycles. The van der Waals surface area contributed by atoms with Gasteiger partial charge in [0.05, 0.1) is 17.9 Å². The van der Waals surface area contributed by atoms with Crippen molar-refractivity contribution in [3.8, 4) is 0 Å². The van der Waals surface area contributed by atoms with Crippen LogP contribution in [-0.4, -0.2) is 42.4 Å². The number of piperidine rings is 1. The minimum Gasteiger partial charge on any atom is -0.355 e. The summed E-state index contributed by atoms with van der Waals surface area (Å²) in [6.07, 6.45) is 8.14. The number of rotatable bonds is 6. The lowest BCUT2D eigenvalue weighted by molar-refractivity contribution is -0.130. The zero-order chi connectivity index (χ0) is 19.3. The van der Waals surface area contributed by atoms with Gasteiger partial charge in [0.15, 0.2) is 0 Å². The van der Waals surface area contributed by atoms with Crippen molar-refractivity contribution in [2.75, 3.05) is 19.6 Å². The van der Waals surface area contributed by atoms with Crippen LogP contribution in [-0.2, 0) is 16.1 Å². The van der Waals surface area contributed by atoms with E-state index in [0.717, 1.165) is 19.4 Å². The number of amides is 2. The van der Waals surface area contributed by atoms with Crippen LogP contribution in [0.4, 0.5) is 0 Å². The molecule has 2 amide bonds. The van der Waals surface area contributed by atoms with Crippen LogP contribution in [0.15, 0.2) is 42.0 Å². The second-order valence-corrected chi connectivity index (χ2v) is 8.20. The second kappa shape index (κ2) is 8.88. The molecule has 6 nitrogen and oxygen atoms in total. The Hall–Kier alpha value is -2.18. The highest BCUT2D eigenvalue weighted by molar-refractivity contribution is 5.86. The molecule has 6 heteroatoms. The summed E-state index contributed by atoms with van der Waals surface area (Å²) in [6, 6.07) is 10.1. The largest absolute Gasteiger partial charge is 0.355 e. The Morgan fingerprint density at radius 2 is 2.04 bits per heavy atom. The molecule has 4 rings (SSSR count). The van der Waals surface area contributed by atoms with Crippen molar-refractivity contribution in [2.45, 2.75) is 44.7 Å². The lowest BCUT2D eigenvalue weighted by atomic mass is 9.83. The van der Waals surface area contributed by atoms with Crippen LogP contribution in [0.3, 0.4) is 0 Å². The summed E-state index contributed by atoms with van der Waals surface area (Å²) in [6.45, 7) is 2.77. The summed E-state index contributed by atoms with van der Waals surface area (Å²) in [7, 11) is 0. The van der Waals surface area contributed by atoms with Gasteiger partial charge in [-0.25, -0.2) is 5.43 Å². The summed E-state index contributed by atoms with van der Waals surface area (Å²) < 4.78 is 0. The molecule has 3 aliphatic rings. The Kier molecular flexibility index (Phi) is 6.07. The maximum Gasteiger partial charge on any atom is 0.240 e. The molecule has 2 heterocycles. The quantitative estimate of drug-likeness (QED) is 0.656. The van der Waals surface area contributed by atoms with Gasteiger partial charge in [0.1, 0.15) is 0 Å². The van der Waals surface area contributed by atoms with Crippen molar-refractivity contribution in [2.24, 2.45) is 11.8 Å². The van der Waals surface area contributed by atoms with E-state index in [1.165, 1.54) is 30.4 Å². The zero-order valence-corrected chi connectivity index (χ0v) is 16.3. The fourth-order valence-corrected chi connectivity index (χ4v) is 4.66. The van der Waals surface area contributed by atoms with Crippen molar-refractivity contribution in [3.05, 3.63) is 47.5 Å². The fourth-order valence-electron chi connectivity index (χ4n) is 4.66. The van der Waals surface area contributed by atoms with Gasteiger partial charge in [-0.05, 0) is 37.7 Å². The molecule has 150 valence electrons. The van der Waals surface area contributed by atoms with Gasteiger partial charge in [0.2, 0.25) is 11.8 Å². The minimum absolute atomic E-state index is 0.00655.